The number of halogens is 1. The van der Waals surface area contributed by atoms with Gasteiger partial charge in [0.25, 0.3) is 15.6 Å². The first-order chi connectivity index (χ1) is 21.0. The lowest BCUT2D eigenvalue weighted by Crippen LogP contribution is -2.30. The zero-order valence-electron chi connectivity index (χ0n) is 23.7. The Hall–Kier alpha value is -4.63. The van der Waals surface area contributed by atoms with Gasteiger partial charge in [-0.1, -0.05) is 41.7 Å². The van der Waals surface area contributed by atoms with E-state index in [0.717, 1.165) is 24.2 Å². The van der Waals surface area contributed by atoms with Gasteiger partial charge in [0.05, 0.1) is 5.69 Å². The van der Waals surface area contributed by atoms with E-state index in [-0.39, 0.29) is 44.2 Å². The molecule has 1 saturated carbocycles. The van der Waals surface area contributed by atoms with E-state index in [0.29, 0.717) is 29.4 Å². The van der Waals surface area contributed by atoms with Crippen LogP contribution < -0.4 is 21.3 Å². The van der Waals surface area contributed by atoms with Crippen LogP contribution in [0.15, 0.2) is 62.3 Å². The van der Waals surface area contributed by atoms with E-state index in [1.54, 1.807) is 42.5 Å². The van der Waals surface area contributed by atoms with Gasteiger partial charge in [0.15, 0.2) is 15.0 Å². The molecule has 0 aliphatic heterocycles. The number of aryl methyl sites for hydroxylation is 1. The van der Waals surface area contributed by atoms with Crippen LogP contribution in [-0.2, 0) is 27.8 Å². The van der Waals surface area contributed by atoms with E-state index in [9.17, 15) is 27.2 Å². The number of carbonyl (C=O) groups is 1. The van der Waals surface area contributed by atoms with Gasteiger partial charge in [-0.2, -0.15) is 0 Å². The second kappa shape index (κ2) is 11.5. The fourth-order valence-corrected chi connectivity index (χ4v) is 7.55. The predicted octanol–water partition coefficient (Wildman–Crippen LogP) is 3.86. The number of fused-ring (bicyclic) bond motifs is 1. The molecule has 0 bridgehead atoms. The number of benzene rings is 2. The summed E-state index contributed by atoms with van der Waals surface area (Å²) in [5.74, 6) is -0.629. The van der Waals surface area contributed by atoms with E-state index in [4.69, 9.17) is 0 Å². The van der Waals surface area contributed by atoms with Gasteiger partial charge >= 0.3 is 5.69 Å². The first kappa shape index (κ1) is 29.4. The molecule has 15 heteroatoms. The Kier molecular flexibility index (Phi) is 7.67. The molecule has 1 aliphatic rings. The Morgan fingerprint density at radius 1 is 1.11 bits per heavy atom. The summed E-state index contributed by atoms with van der Waals surface area (Å²) in [6.07, 6.45) is 2.17. The van der Waals surface area contributed by atoms with Crippen molar-refractivity contribution >= 4 is 49.3 Å². The van der Waals surface area contributed by atoms with Crippen molar-refractivity contribution in [3.05, 3.63) is 97.8 Å². The van der Waals surface area contributed by atoms with Gasteiger partial charge in [0.2, 0.25) is 5.91 Å². The lowest BCUT2D eigenvalue weighted by atomic mass is 9.91. The number of aromatic amines is 2. The summed E-state index contributed by atoms with van der Waals surface area (Å²) in [5.41, 5.74) is 0.871. The maximum Gasteiger partial charge on any atom is 0.330 e. The van der Waals surface area contributed by atoms with Crippen molar-refractivity contribution < 1.29 is 17.6 Å². The summed E-state index contributed by atoms with van der Waals surface area (Å²) in [6, 6.07) is 12.9. The SMILES string of the molecule is CC(=O)Nc1nc(C)c(S(=O)(=O)Nc2ccc(C(Cc3ccccc3F)c3nc4c([nH]3)c(=O)[nH]c(=O)n4CC3CC3)cc2)s1. The molecule has 0 saturated heterocycles. The quantitative estimate of drug-likeness (QED) is 0.180. The standard InChI is InChI=1S/C29H28FN7O5S2/c1-15-27(43-28(31-15)32-16(2)38)44(41,42)36-20-11-9-18(10-12-20)21(13-19-5-3-4-6-22(19)30)24-33-23-25(34-24)37(14-17-7-8-17)29(40)35-26(23)39/h3-6,9-12,17,21,36H,7-8,13-14H2,1-2H3,(H,33,34)(H,31,32,38)(H,35,39,40). The minimum Gasteiger partial charge on any atom is -0.336 e. The monoisotopic (exact) mass is 637 g/mol. The van der Waals surface area contributed by atoms with E-state index < -0.39 is 33.0 Å². The van der Waals surface area contributed by atoms with Crippen LogP contribution in [0.1, 0.15) is 48.3 Å². The average Bonchev–Trinajstić information content (AvgIpc) is 3.55. The fourth-order valence-electron chi connectivity index (χ4n) is 5.03. The number of aromatic nitrogens is 5. The van der Waals surface area contributed by atoms with Crippen LogP contribution in [0, 0.1) is 18.7 Å². The minimum absolute atomic E-state index is 0.0347. The minimum atomic E-state index is -4.02. The van der Waals surface area contributed by atoms with Crippen LogP contribution in [0.2, 0.25) is 0 Å². The van der Waals surface area contributed by atoms with Crippen LogP contribution in [0.4, 0.5) is 15.2 Å². The number of amides is 1. The van der Waals surface area contributed by atoms with Crippen molar-refractivity contribution in [1.29, 1.82) is 0 Å². The molecule has 44 heavy (non-hydrogen) atoms. The zero-order valence-corrected chi connectivity index (χ0v) is 25.3. The lowest BCUT2D eigenvalue weighted by molar-refractivity contribution is -0.114. The third-order valence-electron chi connectivity index (χ3n) is 7.35. The lowest BCUT2D eigenvalue weighted by Gasteiger charge is -2.17. The number of nitrogens with zero attached hydrogens (tertiary/aromatic N) is 3. The largest absolute Gasteiger partial charge is 0.336 e. The van der Waals surface area contributed by atoms with E-state index in [1.807, 2.05) is 0 Å². The third kappa shape index (κ3) is 6.05. The highest BCUT2D eigenvalue weighted by Crippen LogP contribution is 2.33. The zero-order chi connectivity index (χ0) is 31.2. The summed E-state index contributed by atoms with van der Waals surface area (Å²) in [5, 5.41) is 2.67. The summed E-state index contributed by atoms with van der Waals surface area (Å²) in [7, 11) is -4.02. The number of hydrogen-bond acceptors (Lipinski definition) is 8. The van der Waals surface area contributed by atoms with E-state index in [1.165, 1.54) is 24.5 Å². The van der Waals surface area contributed by atoms with Gasteiger partial charge < -0.3 is 10.3 Å². The number of nitrogens with one attached hydrogen (secondary N) is 4. The molecule has 1 amide bonds. The molecule has 228 valence electrons. The molecule has 12 nitrogen and oxygen atoms in total. The second-order valence-electron chi connectivity index (χ2n) is 10.8. The van der Waals surface area contributed by atoms with Crippen molar-refractivity contribution in [2.24, 2.45) is 5.92 Å². The van der Waals surface area contributed by atoms with Gasteiger partial charge in [0.1, 0.15) is 17.2 Å². The summed E-state index contributed by atoms with van der Waals surface area (Å²) in [4.78, 5) is 51.0. The Labute approximate surface area is 254 Å². The first-order valence-electron chi connectivity index (χ1n) is 13.8. The van der Waals surface area contributed by atoms with Gasteiger partial charge in [-0.25, -0.2) is 27.6 Å². The Bertz CT molecular complexity index is 2110. The average molecular weight is 638 g/mol. The van der Waals surface area contributed by atoms with Gasteiger partial charge in [0, 0.05) is 25.1 Å². The molecule has 0 radical (unpaired) electrons. The number of sulfonamides is 1. The summed E-state index contributed by atoms with van der Waals surface area (Å²) in [6.45, 7) is 3.28. The van der Waals surface area contributed by atoms with Crippen molar-refractivity contribution in [2.75, 3.05) is 10.0 Å². The van der Waals surface area contributed by atoms with Gasteiger partial charge in [-0.05, 0) is 61.4 Å². The highest BCUT2D eigenvalue weighted by molar-refractivity contribution is 7.94. The molecule has 1 unspecified atom stereocenters. The van der Waals surface area contributed by atoms with Crippen molar-refractivity contribution in [3.63, 3.8) is 0 Å². The summed E-state index contributed by atoms with van der Waals surface area (Å²) >= 11 is 0.841. The number of imidazole rings is 1. The smallest absolute Gasteiger partial charge is 0.330 e. The van der Waals surface area contributed by atoms with Crippen molar-refractivity contribution in [1.82, 2.24) is 24.5 Å². The van der Waals surface area contributed by atoms with Crippen LogP contribution in [0.3, 0.4) is 0 Å². The topological polar surface area (TPSA) is 172 Å². The summed E-state index contributed by atoms with van der Waals surface area (Å²) < 4.78 is 45.0. The molecular formula is C29H28FN7O5S2. The molecule has 1 atom stereocenters. The Morgan fingerprint density at radius 2 is 1.84 bits per heavy atom. The number of carbonyl (C=O) groups excluding carboxylic acids is 1. The van der Waals surface area contributed by atoms with Crippen molar-refractivity contribution in [3.8, 4) is 0 Å². The van der Waals surface area contributed by atoms with Crippen LogP contribution in [-0.4, -0.2) is 38.8 Å². The number of H-pyrrole nitrogens is 2. The van der Waals surface area contributed by atoms with E-state index in [2.05, 4.69) is 30.0 Å². The highest BCUT2D eigenvalue weighted by atomic mass is 32.2. The molecule has 3 aromatic heterocycles. The Morgan fingerprint density at radius 3 is 2.52 bits per heavy atom. The molecule has 1 aliphatic carbocycles. The van der Waals surface area contributed by atoms with Gasteiger partial charge in [-0.15, -0.1) is 0 Å². The fraction of sp³-hybridized carbons (Fsp3) is 0.276. The number of hydrogen-bond donors (Lipinski definition) is 4. The first-order valence-corrected chi connectivity index (χ1v) is 16.1. The maximum absolute atomic E-state index is 14.8. The highest BCUT2D eigenvalue weighted by Gasteiger charge is 2.27. The van der Waals surface area contributed by atoms with Crippen molar-refractivity contribution in [2.45, 2.75) is 49.8 Å². The van der Waals surface area contributed by atoms with E-state index >= 15 is 0 Å². The molecule has 1 fully saturated rings. The molecule has 5 aromatic rings. The molecule has 0 spiro atoms. The molecule has 4 N–H and O–H groups in total. The third-order valence-corrected chi connectivity index (χ3v) is 10.4. The molecule has 2 aromatic carbocycles. The second-order valence-corrected chi connectivity index (χ2v) is 13.7. The van der Waals surface area contributed by atoms with Crippen LogP contribution in [0.25, 0.3) is 11.2 Å². The predicted molar refractivity (Wildman–Crippen MR) is 164 cm³/mol. The number of anilines is 2. The molecular weight excluding hydrogens is 609 g/mol. The number of thiazole rings is 1. The molecule has 3 heterocycles. The Balaban J connectivity index is 1.35. The number of rotatable bonds is 10. The van der Waals surface area contributed by atoms with Crippen LogP contribution >= 0.6 is 11.3 Å². The normalized spacial score (nSPS) is 14.1. The maximum atomic E-state index is 14.8. The van der Waals surface area contributed by atoms with Crippen LogP contribution in [0.5, 0.6) is 0 Å². The van der Waals surface area contributed by atoms with Gasteiger partial charge in [-0.3, -0.25) is 23.9 Å². The molecule has 6 rings (SSSR count).